The maximum absolute atomic E-state index is 6.60. The summed E-state index contributed by atoms with van der Waals surface area (Å²) >= 11 is 6.04. The van der Waals surface area contributed by atoms with E-state index >= 15 is 0 Å². The Labute approximate surface area is 761 Å². The minimum Gasteiger partial charge on any atom is -0.395 e. The van der Waals surface area contributed by atoms with Crippen LogP contribution in [0.1, 0.15) is 121 Å². The molecule has 0 saturated carbocycles. The summed E-state index contributed by atoms with van der Waals surface area (Å²) in [7, 11) is -0.484. The summed E-state index contributed by atoms with van der Waals surface area (Å²) in [5.74, 6) is 0. The first-order valence-corrected chi connectivity index (χ1v) is 45.9. The third kappa shape index (κ3) is 11.4. The van der Waals surface area contributed by atoms with Crippen molar-refractivity contribution in [3.8, 4) is 78.3 Å². The fraction of sp³-hybridized carbons (Fsp3) is 0.139. The molecule has 5 heterocycles. The van der Waals surface area contributed by atoms with Gasteiger partial charge >= 0.3 is 7.12 Å². The van der Waals surface area contributed by atoms with Crippen LogP contribution in [0.25, 0.3) is 208 Å². The number of nitrogens with zero attached hydrogens (tertiary/aromatic N) is 4. The minimum atomic E-state index is -0.655. The van der Waals surface area contributed by atoms with E-state index < -0.39 is 18.3 Å². The van der Waals surface area contributed by atoms with Crippen molar-refractivity contribution in [3.05, 3.63) is 396 Å². The van der Waals surface area contributed by atoms with E-state index in [9.17, 15) is 0 Å². The maximum atomic E-state index is 6.60. The number of hydrogen-bond acceptors (Lipinski definition) is 6. The molecule has 0 N–H and O–H groups in total. The van der Waals surface area contributed by atoms with Gasteiger partial charge in [0.05, 0.1) is 46.1 Å². The Bertz CT molecular complexity index is 8750. The second-order valence-corrected chi connectivity index (χ2v) is 39.9. The van der Waals surface area contributed by atoms with Crippen molar-refractivity contribution in [2.45, 2.75) is 109 Å². The molecule has 27 rings (SSSR count). The molecule has 18 aromatic carbocycles. The molecule has 0 spiro atoms. The number of benzene rings is 18. The quantitative estimate of drug-likeness (QED) is 0.0757. The summed E-state index contributed by atoms with van der Waals surface area (Å²) in [5, 5.41) is 25.6. The zero-order chi connectivity index (χ0) is 88.1. The van der Waals surface area contributed by atoms with Crippen LogP contribution in [-0.2, 0) is 31.0 Å². The number of halogens is 1. The highest BCUT2D eigenvalue weighted by Crippen LogP contribution is 2.62. The van der Waals surface area contributed by atoms with Gasteiger partial charge in [-0.25, -0.2) is 19.9 Å². The first-order valence-electron chi connectivity index (χ1n) is 45.5. The summed E-state index contributed by atoms with van der Waals surface area (Å²) in [6, 6.07) is 124. The van der Waals surface area contributed by atoms with Crippen LogP contribution in [0.4, 0.5) is 0 Å². The van der Waals surface area contributed by atoms with E-state index in [1.165, 1.54) is 175 Å². The first kappa shape index (κ1) is 78.1. The Morgan fingerprint density at radius 1 is 0.238 bits per heavy atom. The number of fused-ring (bicyclic) bond motifs is 34. The smallest absolute Gasteiger partial charge is 0.395 e. The highest BCUT2D eigenvalue weighted by molar-refractivity contribution is 6.65. The molecule has 6 nitrogen and oxygen atoms in total. The van der Waals surface area contributed by atoms with Crippen LogP contribution < -0.4 is 5.46 Å². The molecule has 1 aliphatic heterocycles. The topological polar surface area (TPSA) is 70.0 Å². The number of hydrogen-bond donors (Lipinski definition) is 0. The lowest BCUT2D eigenvalue weighted by molar-refractivity contribution is 0.0262. The summed E-state index contributed by atoms with van der Waals surface area (Å²) in [4.78, 5) is 19.9. The fourth-order valence-electron chi connectivity index (χ4n) is 23.0. The summed E-state index contributed by atoms with van der Waals surface area (Å²) in [6.07, 6.45) is 0. The Hall–Kier alpha value is -14.2. The molecule has 22 aromatic rings. The predicted octanol–water partition coefficient (Wildman–Crippen LogP) is 31.5. The second kappa shape index (κ2) is 27.9. The van der Waals surface area contributed by atoms with Gasteiger partial charge in [-0.1, -0.05) is 322 Å². The van der Waals surface area contributed by atoms with Crippen molar-refractivity contribution in [1.29, 1.82) is 0 Å². The van der Waals surface area contributed by atoms with Crippen LogP contribution in [0.3, 0.4) is 0 Å². The minimum absolute atomic E-state index is 0.154. The van der Waals surface area contributed by atoms with E-state index in [1.54, 1.807) is 6.07 Å². The fourth-order valence-corrected chi connectivity index (χ4v) is 23.1. The molecule has 0 bridgehead atoms. The molecule has 1 atom stereocenters. The van der Waals surface area contributed by atoms with Crippen LogP contribution in [0.15, 0.2) is 340 Å². The first-order chi connectivity index (χ1) is 62.9. The van der Waals surface area contributed by atoms with Gasteiger partial charge in [0.15, 0.2) is 0 Å². The van der Waals surface area contributed by atoms with Crippen LogP contribution >= 0.6 is 11.6 Å². The molecule has 4 aromatic heterocycles. The lowest BCUT2D eigenvalue weighted by Crippen LogP contribution is -2.42. The van der Waals surface area contributed by atoms with Crippen molar-refractivity contribution in [2.75, 3.05) is 0 Å². The molecule has 8 heteroatoms. The van der Waals surface area contributed by atoms with Crippen molar-refractivity contribution >= 4 is 154 Å². The standard InChI is InChI=1S/C58H40N2.C46H40BO2.C18H11ClN2/c1-57(2)48-29-43-39-19-11-9-17-37(39)36-16-8-10-18-38(36)42(43)28-44(48)45-30-50-47(32-49(45)57)54-41-21-13-12-20-40(41)46(31-51(54)58(50,3)4)53-27-25-35-23-22-34-24-26-52(33-14-6-5-7-15-33)59-55(34)56(35)60-53;1-43(2)37-22-33-29-18-12-10-16-27(29)26-15-9-11-17-28(26)32(33)21-34(37)35-23-39-36(24-38(35)43)42-31-20-14-13-19-30(31)41(25-40(42)44(39,3)4)47-48-45(5,6)46(7,8)49-47;19-16-11-9-14-7-6-13-8-10-15(12-4-2-1-3-5-12)20-17(13)18(14)21-16/h5-32H,1-4H3;9-25H,5H2,1-4,6-8H3;1-11H/q;+1;. The predicted molar refractivity (Wildman–Crippen MR) is 548 cm³/mol. The molecule has 0 radical (unpaired) electrons. The molecular weight excluding hydrogens is 1600 g/mol. The van der Waals surface area contributed by atoms with Crippen molar-refractivity contribution < 1.29 is 9.31 Å². The zero-order valence-electron chi connectivity index (χ0n) is 74.6. The van der Waals surface area contributed by atoms with E-state index in [0.29, 0.717) is 5.15 Å². The number of aromatic nitrogens is 4. The van der Waals surface area contributed by atoms with Gasteiger partial charge in [-0.15, -0.1) is 0 Å². The van der Waals surface area contributed by atoms with Gasteiger partial charge in [-0.3, -0.25) is 0 Å². The number of rotatable bonds is 4. The molecule has 130 heavy (non-hydrogen) atoms. The van der Waals surface area contributed by atoms with Crippen molar-refractivity contribution in [2.24, 2.45) is 0 Å². The third-order valence-corrected chi connectivity index (χ3v) is 30.6. The zero-order valence-corrected chi connectivity index (χ0v) is 75.4. The molecule has 4 aliphatic carbocycles. The third-order valence-electron chi connectivity index (χ3n) is 30.4. The highest BCUT2D eigenvalue weighted by atomic mass is 35.5. The van der Waals surface area contributed by atoms with Gasteiger partial charge < -0.3 is 9.31 Å². The average molecular weight is 1690 g/mol. The van der Waals surface area contributed by atoms with Crippen LogP contribution in [0.5, 0.6) is 0 Å². The Balaban J connectivity index is 0.000000116. The average Bonchev–Trinajstić information content (AvgIpc) is 1.53. The van der Waals surface area contributed by atoms with E-state index in [-0.39, 0.29) is 21.7 Å². The van der Waals surface area contributed by atoms with E-state index in [1.807, 2.05) is 49.4 Å². The Morgan fingerprint density at radius 2 is 0.523 bits per heavy atom. The van der Waals surface area contributed by atoms with Crippen molar-refractivity contribution in [1.82, 2.24) is 19.9 Å². The van der Waals surface area contributed by atoms with Crippen LogP contribution in [0.2, 0.25) is 5.15 Å². The van der Waals surface area contributed by atoms with Crippen LogP contribution in [0, 0.1) is 6.92 Å². The SMILES string of the molecule is CC1(C)c2cc3c(cc2-c2cc4c5ccccc5c5ccccc5c4cc21)C(C)(C)c1cc(-c2ccc4ccc5ccc(-c6ccccc6)nc5c4n2)c2ccccc2c1-3.Clc1ccc2ccc3ccc(-c4ccccc4)nc3c2n1.[CH2+]C1(C)OB(c2cc3c(c4ccccc24)-c2cc4c(cc2C3(C)C)-c2cc3c5ccccc5c5ccccc5c3cc2C4(C)C)OC1(C)C. The molecule has 1 unspecified atom stereocenters. The lowest BCUT2D eigenvalue weighted by atomic mass is 9.72. The monoisotopic (exact) mass is 1690 g/mol. The van der Waals surface area contributed by atoms with Gasteiger partial charge in [0.2, 0.25) is 5.60 Å². The van der Waals surface area contributed by atoms with E-state index in [2.05, 4.69) is 372 Å². The molecule has 1 saturated heterocycles. The van der Waals surface area contributed by atoms with Gasteiger partial charge in [0, 0.05) is 66.8 Å². The van der Waals surface area contributed by atoms with Gasteiger partial charge in [-0.05, 0) is 279 Å². The second-order valence-electron chi connectivity index (χ2n) is 39.5. The Morgan fingerprint density at radius 3 is 0.938 bits per heavy atom. The largest absolute Gasteiger partial charge is 0.498 e. The summed E-state index contributed by atoms with van der Waals surface area (Å²) < 4.78 is 13.2. The highest BCUT2D eigenvalue weighted by Gasteiger charge is 2.58. The Kier molecular flexibility index (Phi) is 16.8. The normalized spacial score (nSPS) is 16.4. The maximum Gasteiger partial charge on any atom is 0.498 e. The molecule has 5 aliphatic rings. The summed E-state index contributed by atoms with van der Waals surface area (Å²) in [6.45, 7) is 29.8. The molecule has 1 fully saturated rings. The number of pyridine rings is 4. The van der Waals surface area contributed by atoms with Gasteiger partial charge in [0.1, 0.15) is 10.8 Å². The van der Waals surface area contributed by atoms with Gasteiger partial charge in [-0.2, -0.15) is 0 Å². The molecular formula is C122H91BClN4O2+. The van der Waals surface area contributed by atoms with E-state index in [4.69, 9.17) is 35.9 Å². The van der Waals surface area contributed by atoms with Gasteiger partial charge in [0.25, 0.3) is 0 Å². The lowest BCUT2D eigenvalue weighted by Gasteiger charge is -2.25. The van der Waals surface area contributed by atoms with E-state index in [0.717, 1.165) is 82.8 Å². The van der Waals surface area contributed by atoms with Crippen molar-refractivity contribution in [3.63, 3.8) is 0 Å². The van der Waals surface area contributed by atoms with Crippen LogP contribution in [-0.4, -0.2) is 38.3 Å². The summed E-state index contributed by atoms with van der Waals surface area (Å²) in [5.41, 5.74) is 30.9. The molecule has 0 amide bonds. The molecule has 620 valence electrons.